The van der Waals surface area contributed by atoms with Crippen LogP contribution in [-0.2, 0) is 4.79 Å². The van der Waals surface area contributed by atoms with Crippen molar-refractivity contribution >= 4 is 17.6 Å². The number of benzene rings is 1. The topological polar surface area (TPSA) is 72.5 Å². The van der Waals surface area contributed by atoms with Gasteiger partial charge in [0.05, 0.1) is 13.5 Å². The number of halogens is 1. The normalized spacial score (nSPS) is 12.6. The highest BCUT2D eigenvalue weighted by molar-refractivity contribution is 6.31. The smallest absolute Gasteiger partial charge is 0.305 e. The molecule has 0 aliphatic heterocycles. The fraction of sp³-hybridized carbons (Fsp3) is 0.462. The highest BCUT2D eigenvalue weighted by Gasteiger charge is 2.18. The van der Waals surface area contributed by atoms with Gasteiger partial charge in [0.2, 0.25) is 0 Å². The molecule has 0 aliphatic rings. The van der Waals surface area contributed by atoms with Crippen LogP contribution in [0, 0.1) is 0 Å². The molecule has 1 atom stereocenters. The first-order chi connectivity index (χ1) is 8.36. The van der Waals surface area contributed by atoms with Gasteiger partial charge < -0.3 is 15.6 Å². The van der Waals surface area contributed by atoms with Gasteiger partial charge in [-0.25, -0.2) is 0 Å². The van der Waals surface area contributed by atoms with Gasteiger partial charge in [-0.1, -0.05) is 25.4 Å². The average molecular weight is 272 g/mol. The molecule has 1 aromatic rings. The fourth-order valence-electron chi connectivity index (χ4n) is 1.79. The molecule has 0 heterocycles. The maximum absolute atomic E-state index is 10.7. The van der Waals surface area contributed by atoms with E-state index >= 15 is 0 Å². The van der Waals surface area contributed by atoms with Gasteiger partial charge >= 0.3 is 5.97 Å². The van der Waals surface area contributed by atoms with Crippen molar-refractivity contribution in [2.75, 3.05) is 7.11 Å². The highest BCUT2D eigenvalue weighted by Crippen LogP contribution is 2.34. The van der Waals surface area contributed by atoms with Crippen molar-refractivity contribution in [1.29, 1.82) is 0 Å². The second kappa shape index (κ2) is 6.07. The predicted molar refractivity (Wildman–Crippen MR) is 71.3 cm³/mol. The molecule has 0 spiro atoms. The number of carboxylic acids is 1. The number of carboxylic acid groups (broad SMARTS) is 1. The van der Waals surface area contributed by atoms with E-state index in [1.165, 1.54) is 7.11 Å². The Morgan fingerprint density at radius 1 is 1.44 bits per heavy atom. The van der Waals surface area contributed by atoms with Gasteiger partial charge in [0.1, 0.15) is 5.75 Å². The Morgan fingerprint density at radius 2 is 2.06 bits per heavy atom. The van der Waals surface area contributed by atoms with Crippen LogP contribution in [0.3, 0.4) is 0 Å². The maximum atomic E-state index is 10.7. The highest BCUT2D eigenvalue weighted by atomic mass is 35.5. The lowest BCUT2D eigenvalue weighted by molar-refractivity contribution is -0.137. The van der Waals surface area contributed by atoms with Crippen molar-refractivity contribution < 1.29 is 14.6 Å². The predicted octanol–water partition coefficient (Wildman–Crippen LogP) is 2.95. The van der Waals surface area contributed by atoms with Crippen LogP contribution in [0.1, 0.15) is 43.4 Å². The molecule has 5 heteroatoms. The Hall–Kier alpha value is -1.26. The molecular weight excluding hydrogens is 254 g/mol. The van der Waals surface area contributed by atoms with Gasteiger partial charge in [-0.05, 0) is 23.6 Å². The molecular formula is C13H18ClNO3. The first kappa shape index (κ1) is 14.8. The third-order valence-electron chi connectivity index (χ3n) is 2.77. The third kappa shape index (κ3) is 3.37. The lowest BCUT2D eigenvalue weighted by Gasteiger charge is -2.18. The molecule has 4 nitrogen and oxygen atoms in total. The van der Waals surface area contributed by atoms with Gasteiger partial charge in [-0.2, -0.15) is 0 Å². The number of hydrogen-bond acceptors (Lipinski definition) is 3. The number of ether oxygens (including phenoxy) is 1. The number of aliphatic carboxylic acids is 1. The minimum absolute atomic E-state index is 0.159. The summed E-state index contributed by atoms with van der Waals surface area (Å²) in [6.07, 6.45) is -0.159. The van der Waals surface area contributed by atoms with E-state index in [1.807, 2.05) is 19.9 Å². The molecule has 0 saturated carbocycles. The Kier molecular flexibility index (Phi) is 4.99. The van der Waals surface area contributed by atoms with E-state index < -0.39 is 12.0 Å². The van der Waals surface area contributed by atoms with E-state index in [0.717, 1.165) is 5.56 Å². The van der Waals surface area contributed by atoms with Crippen molar-refractivity contribution in [3.05, 3.63) is 28.3 Å². The van der Waals surface area contributed by atoms with Crippen LogP contribution in [0.4, 0.5) is 0 Å². The van der Waals surface area contributed by atoms with Crippen molar-refractivity contribution in [2.45, 2.75) is 32.2 Å². The van der Waals surface area contributed by atoms with Crippen LogP contribution >= 0.6 is 11.6 Å². The Morgan fingerprint density at radius 3 is 2.50 bits per heavy atom. The van der Waals surface area contributed by atoms with E-state index in [0.29, 0.717) is 16.3 Å². The summed E-state index contributed by atoms with van der Waals surface area (Å²) in [5, 5.41) is 9.35. The fourth-order valence-corrected chi connectivity index (χ4v) is 2.18. The van der Waals surface area contributed by atoms with Crippen LogP contribution in [-0.4, -0.2) is 18.2 Å². The molecule has 1 rings (SSSR count). The second-order valence-electron chi connectivity index (χ2n) is 4.47. The standard InChI is InChI=1S/C13H18ClNO3/c1-7(2)8-5-12(18-3)9(4-10(8)14)11(15)6-13(16)17/h4-5,7,11H,6,15H2,1-3H3,(H,16,17). The lowest BCUT2D eigenvalue weighted by atomic mass is 9.97. The molecule has 0 aliphatic carbocycles. The van der Waals surface area contributed by atoms with Crippen LogP contribution in [0.5, 0.6) is 5.75 Å². The molecule has 1 aromatic carbocycles. The zero-order valence-corrected chi connectivity index (χ0v) is 11.5. The van der Waals surface area contributed by atoms with Crippen molar-refractivity contribution in [2.24, 2.45) is 5.73 Å². The molecule has 0 saturated heterocycles. The Labute approximate surface area is 112 Å². The Bertz CT molecular complexity index is 446. The van der Waals surface area contributed by atoms with Crippen LogP contribution < -0.4 is 10.5 Å². The van der Waals surface area contributed by atoms with E-state index in [-0.39, 0.29) is 12.3 Å². The van der Waals surface area contributed by atoms with Crippen LogP contribution in [0.15, 0.2) is 12.1 Å². The maximum Gasteiger partial charge on any atom is 0.305 e. The van der Waals surface area contributed by atoms with Crippen LogP contribution in [0.2, 0.25) is 5.02 Å². The summed E-state index contributed by atoms with van der Waals surface area (Å²) in [5.74, 6) is -0.110. The summed E-state index contributed by atoms with van der Waals surface area (Å²) in [4.78, 5) is 10.7. The monoisotopic (exact) mass is 271 g/mol. The van der Waals surface area contributed by atoms with Gasteiger partial charge in [0.25, 0.3) is 0 Å². The van der Waals surface area contributed by atoms with E-state index in [4.69, 9.17) is 27.2 Å². The number of carbonyl (C=O) groups is 1. The number of hydrogen-bond donors (Lipinski definition) is 2. The van der Waals surface area contributed by atoms with Crippen molar-refractivity contribution in [3.8, 4) is 5.75 Å². The second-order valence-corrected chi connectivity index (χ2v) is 4.88. The first-order valence-corrected chi connectivity index (χ1v) is 6.09. The summed E-state index contributed by atoms with van der Waals surface area (Å²) in [7, 11) is 1.53. The number of nitrogens with two attached hydrogens (primary N) is 1. The largest absolute Gasteiger partial charge is 0.496 e. The summed E-state index contributed by atoms with van der Waals surface area (Å²) in [6, 6.07) is 2.89. The summed E-state index contributed by atoms with van der Waals surface area (Å²) >= 11 is 6.18. The molecule has 0 fully saturated rings. The SMILES string of the molecule is COc1cc(C(C)C)c(Cl)cc1C(N)CC(=O)O. The Balaban J connectivity index is 3.19. The van der Waals surface area contributed by atoms with Gasteiger partial charge in [-0.3, -0.25) is 4.79 Å². The zero-order valence-electron chi connectivity index (χ0n) is 10.7. The average Bonchev–Trinajstić information content (AvgIpc) is 2.27. The van der Waals surface area contributed by atoms with Gasteiger partial charge in [-0.15, -0.1) is 0 Å². The summed E-state index contributed by atoms with van der Waals surface area (Å²) < 4.78 is 5.26. The lowest BCUT2D eigenvalue weighted by Crippen LogP contribution is -2.16. The molecule has 1 unspecified atom stereocenters. The summed E-state index contributed by atoms with van der Waals surface area (Å²) in [6.45, 7) is 4.05. The first-order valence-electron chi connectivity index (χ1n) is 5.71. The molecule has 18 heavy (non-hydrogen) atoms. The van der Waals surface area contributed by atoms with E-state index in [9.17, 15) is 4.79 Å². The molecule has 100 valence electrons. The number of methoxy groups -OCH3 is 1. The molecule has 0 amide bonds. The third-order valence-corrected chi connectivity index (χ3v) is 3.09. The van der Waals surface area contributed by atoms with Crippen molar-refractivity contribution in [1.82, 2.24) is 0 Å². The summed E-state index contributed by atoms with van der Waals surface area (Å²) in [5.41, 5.74) is 7.43. The van der Waals surface area contributed by atoms with E-state index in [1.54, 1.807) is 6.07 Å². The zero-order chi connectivity index (χ0) is 13.9. The van der Waals surface area contributed by atoms with Gasteiger partial charge in [0.15, 0.2) is 0 Å². The minimum atomic E-state index is -0.950. The molecule has 3 N–H and O–H groups in total. The van der Waals surface area contributed by atoms with Gasteiger partial charge in [0, 0.05) is 16.6 Å². The van der Waals surface area contributed by atoms with Crippen LogP contribution in [0.25, 0.3) is 0 Å². The molecule has 0 bridgehead atoms. The molecule has 0 aromatic heterocycles. The quantitative estimate of drug-likeness (QED) is 0.864. The van der Waals surface area contributed by atoms with E-state index in [2.05, 4.69) is 0 Å². The number of rotatable bonds is 5. The van der Waals surface area contributed by atoms with Crippen molar-refractivity contribution in [3.63, 3.8) is 0 Å². The molecule has 0 radical (unpaired) electrons. The minimum Gasteiger partial charge on any atom is -0.496 e.